The lowest BCUT2D eigenvalue weighted by Gasteiger charge is -2.38. The molecule has 0 radical (unpaired) electrons. The van der Waals surface area contributed by atoms with Crippen molar-refractivity contribution in [3.8, 4) is 11.1 Å². The van der Waals surface area contributed by atoms with Crippen molar-refractivity contribution in [1.29, 1.82) is 0 Å². The van der Waals surface area contributed by atoms with E-state index >= 15 is 0 Å². The van der Waals surface area contributed by atoms with Crippen LogP contribution in [0.1, 0.15) is 25.7 Å². The zero-order valence-electron chi connectivity index (χ0n) is 17.7. The number of hydrogen-bond donors (Lipinski definition) is 1. The van der Waals surface area contributed by atoms with E-state index in [9.17, 15) is 9.18 Å². The molecule has 2 fully saturated rings. The third-order valence-electron chi connectivity index (χ3n) is 6.50. The third kappa shape index (κ3) is 4.44. The van der Waals surface area contributed by atoms with Crippen molar-refractivity contribution >= 4 is 22.8 Å². The van der Waals surface area contributed by atoms with Crippen molar-refractivity contribution < 1.29 is 9.18 Å². The molecular weight excluding hydrogens is 395 g/mol. The molecular formula is C23H27FN6O. The fraction of sp³-hybridized carbons (Fsp3) is 0.478. The quantitative estimate of drug-likeness (QED) is 0.682. The molecule has 3 aromatic rings. The summed E-state index contributed by atoms with van der Waals surface area (Å²) in [6.45, 7) is 2.10. The Hall–Kier alpha value is -2.87. The van der Waals surface area contributed by atoms with Crippen LogP contribution in [0, 0.1) is 11.8 Å². The Bertz CT molecular complexity index is 1080. The highest BCUT2D eigenvalue weighted by molar-refractivity contribution is 5.92. The first-order chi connectivity index (χ1) is 15.0. The number of fused-ring (bicyclic) bond motifs is 1. The Morgan fingerprint density at radius 3 is 2.68 bits per heavy atom. The molecule has 2 aliphatic rings. The topological polar surface area (TPSA) is 75.9 Å². The van der Waals surface area contributed by atoms with Gasteiger partial charge >= 0.3 is 0 Å². The predicted molar refractivity (Wildman–Crippen MR) is 117 cm³/mol. The van der Waals surface area contributed by atoms with Gasteiger partial charge in [0.15, 0.2) is 0 Å². The molecule has 0 unspecified atom stereocenters. The highest BCUT2D eigenvalue weighted by Gasteiger charge is 2.31. The maximum absolute atomic E-state index is 13.0. The Morgan fingerprint density at radius 1 is 1.16 bits per heavy atom. The molecule has 1 aliphatic heterocycles. The van der Waals surface area contributed by atoms with E-state index in [1.165, 1.54) is 0 Å². The number of likely N-dealkylation sites (tertiary alicyclic amines) is 1. The van der Waals surface area contributed by atoms with Crippen LogP contribution in [0.3, 0.4) is 0 Å². The number of carbonyl (C=O) groups is 1. The predicted octanol–water partition coefficient (Wildman–Crippen LogP) is 3.43. The van der Waals surface area contributed by atoms with Crippen LogP contribution >= 0.6 is 0 Å². The van der Waals surface area contributed by atoms with Crippen molar-refractivity contribution in [3.63, 3.8) is 0 Å². The van der Waals surface area contributed by atoms with Gasteiger partial charge in [0.05, 0.1) is 11.7 Å². The van der Waals surface area contributed by atoms with Crippen molar-refractivity contribution in [2.75, 3.05) is 25.0 Å². The average molecular weight is 423 g/mol. The first-order valence-corrected chi connectivity index (χ1v) is 11.0. The number of hydrogen-bond acceptors (Lipinski definition) is 5. The van der Waals surface area contributed by atoms with Gasteiger partial charge in [0.2, 0.25) is 11.9 Å². The largest absolute Gasteiger partial charge is 0.297 e. The normalized spacial score (nSPS) is 22.4. The minimum atomic E-state index is -0.649. The van der Waals surface area contributed by atoms with Crippen LogP contribution in [0.4, 0.5) is 10.3 Å². The number of benzene rings is 1. The van der Waals surface area contributed by atoms with E-state index in [2.05, 4.69) is 25.3 Å². The molecule has 1 saturated heterocycles. The van der Waals surface area contributed by atoms with Crippen LogP contribution < -0.4 is 5.32 Å². The fourth-order valence-corrected chi connectivity index (χ4v) is 4.67. The number of nitrogens with zero attached hydrogens (tertiary/aromatic N) is 5. The highest BCUT2D eigenvalue weighted by Crippen LogP contribution is 2.31. The van der Waals surface area contributed by atoms with Gasteiger partial charge < -0.3 is 0 Å². The van der Waals surface area contributed by atoms with Gasteiger partial charge in [-0.25, -0.2) is 14.4 Å². The van der Waals surface area contributed by atoms with Crippen molar-refractivity contribution in [1.82, 2.24) is 24.6 Å². The molecule has 2 aromatic heterocycles. The molecule has 31 heavy (non-hydrogen) atoms. The van der Waals surface area contributed by atoms with E-state index in [0.29, 0.717) is 25.0 Å². The Labute approximate surface area is 180 Å². The lowest BCUT2D eigenvalue weighted by atomic mass is 9.81. The summed E-state index contributed by atoms with van der Waals surface area (Å²) in [6, 6.07) is 5.99. The molecule has 0 atom stereocenters. The molecule has 7 nitrogen and oxygen atoms in total. The molecule has 1 amide bonds. The summed E-state index contributed by atoms with van der Waals surface area (Å²) in [5, 5.41) is 8.06. The van der Waals surface area contributed by atoms with E-state index < -0.39 is 6.17 Å². The van der Waals surface area contributed by atoms with Crippen LogP contribution in [0.5, 0.6) is 0 Å². The lowest BCUT2D eigenvalue weighted by Crippen LogP contribution is -2.50. The van der Waals surface area contributed by atoms with Crippen LogP contribution in [0.25, 0.3) is 22.0 Å². The summed E-state index contributed by atoms with van der Waals surface area (Å²) < 4.78 is 14.8. The number of alkyl halides is 1. The van der Waals surface area contributed by atoms with Crippen LogP contribution in [0.15, 0.2) is 36.8 Å². The van der Waals surface area contributed by atoms with Gasteiger partial charge in [0.1, 0.15) is 6.17 Å². The summed E-state index contributed by atoms with van der Waals surface area (Å²) in [5.41, 5.74) is 2.83. The van der Waals surface area contributed by atoms with E-state index in [0.717, 1.165) is 54.3 Å². The number of carbonyl (C=O) groups excluding carboxylic acids is 1. The van der Waals surface area contributed by atoms with Crippen LogP contribution in [-0.2, 0) is 11.8 Å². The molecule has 1 saturated carbocycles. The zero-order valence-corrected chi connectivity index (χ0v) is 17.7. The summed E-state index contributed by atoms with van der Waals surface area (Å²) in [4.78, 5) is 23.8. The Morgan fingerprint density at radius 2 is 1.97 bits per heavy atom. The van der Waals surface area contributed by atoms with Crippen molar-refractivity contribution in [2.24, 2.45) is 18.9 Å². The molecule has 3 heterocycles. The Balaban J connectivity index is 1.21. The molecule has 162 valence electrons. The molecule has 1 aliphatic carbocycles. The molecule has 1 aromatic carbocycles. The number of anilines is 1. The zero-order chi connectivity index (χ0) is 21.4. The third-order valence-corrected chi connectivity index (χ3v) is 6.50. The Kier molecular flexibility index (Phi) is 5.40. The standard InChI is InChI=1S/C23H27FN6O/c1-29-12-19(10-26-29)17-6-7-18-9-25-23(27-21(18)8-17)28-22(31)16-4-2-15(3-5-16)11-30-13-20(24)14-30/h6-10,12,15-16,20H,2-5,11,13-14H2,1H3,(H,25,27,28,31). The average Bonchev–Trinajstić information content (AvgIpc) is 3.19. The second-order valence-electron chi connectivity index (χ2n) is 8.89. The number of amides is 1. The number of aromatic nitrogens is 4. The summed E-state index contributed by atoms with van der Waals surface area (Å²) >= 11 is 0. The number of aryl methyl sites for hydroxylation is 1. The molecule has 8 heteroatoms. The monoisotopic (exact) mass is 422 g/mol. The SMILES string of the molecule is Cn1cc(-c2ccc3cnc(NC(=O)C4CCC(CN5CC(F)C5)CC4)nc3c2)cn1. The van der Waals surface area contributed by atoms with Gasteiger partial charge in [-0.05, 0) is 43.2 Å². The van der Waals surface area contributed by atoms with Crippen molar-refractivity contribution in [2.45, 2.75) is 31.9 Å². The van der Waals surface area contributed by atoms with Crippen LogP contribution in [-0.4, -0.2) is 56.4 Å². The van der Waals surface area contributed by atoms with Gasteiger partial charge in [-0.1, -0.05) is 12.1 Å². The molecule has 1 N–H and O–H groups in total. The summed E-state index contributed by atoms with van der Waals surface area (Å²) in [6.07, 6.45) is 8.62. The van der Waals surface area contributed by atoms with Gasteiger partial charge in [0, 0.05) is 55.9 Å². The van der Waals surface area contributed by atoms with Crippen LogP contribution in [0.2, 0.25) is 0 Å². The minimum Gasteiger partial charge on any atom is -0.297 e. The van der Waals surface area contributed by atoms with Gasteiger partial charge in [-0.2, -0.15) is 5.10 Å². The van der Waals surface area contributed by atoms with Gasteiger partial charge in [0.25, 0.3) is 0 Å². The lowest BCUT2D eigenvalue weighted by molar-refractivity contribution is -0.121. The first-order valence-electron chi connectivity index (χ1n) is 11.0. The maximum atomic E-state index is 13.0. The number of rotatable bonds is 5. The number of nitrogens with one attached hydrogen (secondary N) is 1. The number of halogens is 1. The minimum absolute atomic E-state index is 0.00557. The van der Waals surface area contributed by atoms with E-state index in [-0.39, 0.29) is 11.8 Å². The van der Waals surface area contributed by atoms with Crippen molar-refractivity contribution in [3.05, 3.63) is 36.8 Å². The van der Waals surface area contributed by atoms with E-state index in [4.69, 9.17) is 0 Å². The first kappa shape index (κ1) is 20.1. The van der Waals surface area contributed by atoms with Gasteiger partial charge in [-0.15, -0.1) is 0 Å². The molecule has 0 bridgehead atoms. The van der Waals surface area contributed by atoms with Gasteiger partial charge in [-0.3, -0.25) is 19.7 Å². The molecule has 5 rings (SSSR count). The van der Waals surface area contributed by atoms with E-state index in [1.54, 1.807) is 10.9 Å². The maximum Gasteiger partial charge on any atom is 0.229 e. The summed E-state index contributed by atoms with van der Waals surface area (Å²) in [5.74, 6) is 0.897. The molecule has 0 spiro atoms. The highest BCUT2D eigenvalue weighted by atomic mass is 19.1. The summed E-state index contributed by atoms with van der Waals surface area (Å²) in [7, 11) is 1.89. The fourth-order valence-electron chi connectivity index (χ4n) is 4.67. The smallest absolute Gasteiger partial charge is 0.229 e. The van der Waals surface area contributed by atoms with E-state index in [1.807, 2.05) is 37.6 Å². The second-order valence-corrected chi connectivity index (χ2v) is 8.89. The second kappa shape index (κ2) is 8.34.